The molecule has 1 N–H and O–H groups in total. The van der Waals surface area contributed by atoms with Crippen molar-refractivity contribution in [3.8, 4) is 6.07 Å². The Balaban J connectivity index is 1.93. The van der Waals surface area contributed by atoms with Gasteiger partial charge in [0.2, 0.25) is 5.91 Å². The molecule has 0 aromatic heterocycles. The monoisotopic (exact) mass is 226 g/mol. The highest BCUT2D eigenvalue weighted by molar-refractivity contribution is 5.91. The Morgan fingerprint density at radius 1 is 1.53 bits per heavy atom. The lowest BCUT2D eigenvalue weighted by Gasteiger charge is -2.08. The molecule has 0 saturated heterocycles. The lowest BCUT2D eigenvalue weighted by Crippen LogP contribution is -2.14. The molecule has 0 radical (unpaired) electrons. The Hall–Kier alpha value is -2.08. The summed E-state index contributed by atoms with van der Waals surface area (Å²) in [6.45, 7) is 0. The van der Waals surface area contributed by atoms with E-state index >= 15 is 0 Å². The molecule has 1 aliphatic rings. The SMILES string of the molecule is N#Cc1cccc(NC(=O)C[C@H]2C=CCC2)c1. The molecule has 0 unspecified atom stereocenters. The zero-order chi connectivity index (χ0) is 12.1. The molecule has 0 bridgehead atoms. The number of anilines is 1. The van der Waals surface area contributed by atoms with Gasteiger partial charge in [-0.3, -0.25) is 4.79 Å². The number of nitrogens with one attached hydrogen (secondary N) is 1. The maximum atomic E-state index is 11.7. The second kappa shape index (κ2) is 5.31. The van der Waals surface area contributed by atoms with Gasteiger partial charge in [-0.25, -0.2) is 0 Å². The van der Waals surface area contributed by atoms with E-state index in [1.165, 1.54) is 0 Å². The minimum absolute atomic E-state index is 0.0108. The summed E-state index contributed by atoms with van der Waals surface area (Å²) in [4.78, 5) is 11.7. The summed E-state index contributed by atoms with van der Waals surface area (Å²) < 4.78 is 0. The van der Waals surface area contributed by atoms with E-state index in [0.29, 0.717) is 23.6 Å². The van der Waals surface area contributed by atoms with Crippen LogP contribution in [-0.4, -0.2) is 5.91 Å². The third-order valence-corrected chi connectivity index (χ3v) is 2.84. The highest BCUT2D eigenvalue weighted by Crippen LogP contribution is 2.21. The number of nitrogens with zero attached hydrogens (tertiary/aromatic N) is 1. The highest BCUT2D eigenvalue weighted by atomic mass is 16.1. The predicted molar refractivity (Wildman–Crippen MR) is 66.3 cm³/mol. The van der Waals surface area contributed by atoms with Crippen LogP contribution in [0.25, 0.3) is 0 Å². The van der Waals surface area contributed by atoms with Gasteiger partial charge in [0.1, 0.15) is 0 Å². The number of nitriles is 1. The Morgan fingerprint density at radius 3 is 3.12 bits per heavy atom. The number of benzene rings is 1. The van der Waals surface area contributed by atoms with E-state index in [4.69, 9.17) is 5.26 Å². The molecule has 0 saturated carbocycles. The van der Waals surface area contributed by atoms with Crippen LogP contribution in [0.1, 0.15) is 24.8 Å². The summed E-state index contributed by atoms with van der Waals surface area (Å²) in [5.74, 6) is 0.380. The first-order chi connectivity index (χ1) is 8.28. The Labute approximate surface area is 101 Å². The van der Waals surface area contributed by atoms with Crippen molar-refractivity contribution in [2.75, 3.05) is 5.32 Å². The molecule has 3 nitrogen and oxygen atoms in total. The van der Waals surface area contributed by atoms with Crippen LogP contribution in [0.2, 0.25) is 0 Å². The fourth-order valence-electron chi connectivity index (χ4n) is 1.98. The van der Waals surface area contributed by atoms with Crippen molar-refractivity contribution in [1.82, 2.24) is 0 Å². The van der Waals surface area contributed by atoms with Crippen molar-refractivity contribution >= 4 is 11.6 Å². The van der Waals surface area contributed by atoms with Crippen LogP contribution in [0.15, 0.2) is 36.4 Å². The maximum absolute atomic E-state index is 11.7. The second-order valence-electron chi connectivity index (χ2n) is 4.21. The second-order valence-corrected chi connectivity index (χ2v) is 4.21. The van der Waals surface area contributed by atoms with Crippen molar-refractivity contribution in [2.45, 2.75) is 19.3 Å². The van der Waals surface area contributed by atoms with Crippen LogP contribution in [0.3, 0.4) is 0 Å². The van der Waals surface area contributed by atoms with Gasteiger partial charge in [-0.1, -0.05) is 18.2 Å². The molecule has 1 amide bonds. The number of amides is 1. The average Bonchev–Trinajstić information content (AvgIpc) is 2.82. The topological polar surface area (TPSA) is 52.9 Å². The highest BCUT2D eigenvalue weighted by Gasteiger charge is 2.13. The summed E-state index contributed by atoms with van der Waals surface area (Å²) in [5, 5.41) is 11.6. The largest absolute Gasteiger partial charge is 0.326 e. The molecule has 17 heavy (non-hydrogen) atoms. The maximum Gasteiger partial charge on any atom is 0.224 e. The van der Waals surface area contributed by atoms with E-state index in [0.717, 1.165) is 12.8 Å². The van der Waals surface area contributed by atoms with E-state index in [-0.39, 0.29) is 5.91 Å². The molecule has 1 aliphatic carbocycles. The minimum Gasteiger partial charge on any atom is -0.326 e. The molecule has 0 spiro atoms. The summed E-state index contributed by atoms with van der Waals surface area (Å²) in [7, 11) is 0. The van der Waals surface area contributed by atoms with Crippen LogP contribution in [0.4, 0.5) is 5.69 Å². The van der Waals surface area contributed by atoms with E-state index in [1.807, 2.05) is 0 Å². The van der Waals surface area contributed by atoms with E-state index in [9.17, 15) is 4.79 Å². The van der Waals surface area contributed by atoms with E-state index in [2.05, 4.69) is 23.5 Å². The van der Waals surface area contributed by atoms with Crippen molar-refractivity contribution < 1.29 is 4.79 Å². The number of hydrogen-bond acceptors (Lipinski definition) is 2. The molecule has 0 aliphatic heterocycles. The van der Waals surface area contributed by atoms with Gasteiger partial charge in [0.05, 0.1) is 11.6 Å². The number of rotatable bonds is 3. The number of allylic oxidation sites excluding steroid dienone is 2. The lowest BCUT2D eigenvalue weighted by molar-refractivity contribution is -0.116. The molecule has 2 rings (SSSR count). The molecule has 0 heterocycles. The first kappa shape index (κ1) is 11.4. The quantitative estimate of drug-likeness (QED) is 0.806. The van der Waals surface area contributed by atoms with Crippen LogP contribution in [0.5, 0.6) is 0 Å². The first-order valence-corrected chi connectivity index (χ1v) is 5.74. The number of carbonyl (C=O) groups excluding carboxylic acids is 1. The first-order valence-electron chi connectivity index (χ1n) is 5.74. The number of carbonyl (C=O) groups is 1. The van der Waals surface area contributed by atoms with Crippen molar-refractivity contribution in [2.24, 2.45) is 5.92 Å². The van der Waals surface area contributed by atoms with E-state index in [1.54, 1.807) is 24.3 Å². The van der Waals surface area contributed by atoms with Gasteiger partial charge in [0, 0.05) is 12.1 Å². The summed E-state index contributed by atoms with van der Waals surface area (Å²) >= 11 is 0. The summed E-state index contributed by atoms with van der Waals surface area (Å²) in [6, 6.07) is 9.01. The van der Waals surface area contributed by atoms with Gasteiger partial charge >= 0.3 is 0 Å². The summed E-state index contributed by atoms with van der Waals surface area (Å²) in [5.41, 5.74) is 1.25. The standard InChI is InChI=1S/C14H14N2O/c15-10-12-6-3-7-13(8-12)16-14(17)9-11-4-1-2-5-11/h1,3-4,6-8,11H,2,5,9H2,(H,16,17)/t11-/m0/s1. The number of hydrogen-bond donors (Lipinski definition) is 1. The van der Waals surface area contributed by atoms with Gasteiger partial charge in [-0.2, -0.15) is 5.26 Å². The molecular formula is C14H14N2O. The third kappa shape index (κ3) is 3.18. The fourth-order valence-corrected chi connectivity index (χ4v) is 1.98. The van der Waals surface area contributed by atoms with Crippen molar-refractivity contribution in [3.63, 3.8) is 0 Å². The zero-order valence-electron chi connectivity index (χ0n) is 9.52. The average molecular weight is 226 g/mol. The van der Waals surface area contributed by atoms with Crippen molar-refractivity contribution in [3.05, 3.63) is 42.0 Å². The lowest BCUT2D eigenvalue weighted by atomic mass is 10.0. The van der Waals surface area contributed by atoms with E-state index < -0.39 is 0 Å². The van der Waals surface area contributed by atoms with Crippen LogP contribution >= 0.6 is 0 Å². The van der Waals surface area contributed by atoms with Crippen molar-refractivity contribution in [1.29, 1.82) is 5.26 Å². The summed E-state index contributed by atoms with van der Waals surface area (Å²) in [6.07, 6.45) is 6.88. The molecule has 1 atom stereocenters. The Morgan fingerprint density at radius 2 is 2.41 bits per heavy atom. The van der Waals surface area contributed by atoms with Gasteiger partial charge < -0.3 is 5.32 Å². The Kier molecular flexibility index (Phi) is 3.56. The fraction of sp³-hybridized carbons (Fsp3) is 0.286. The third-order valence-electron chi connectivity index (χ3n) is 2.84. The van der Waals surface area contributed by atoms with Crippen LogP contribution in [-0.2, 0) is 4.79 Å². The smallest absolute Gasteiger partial charge is 0.224 e. The zero-order valence-corrected chi connectivity index (χ0v) is 9.52. The predicted octanol–water partition coefficient (Wildman–Crippen LogP) is 2.85. The Bertz CT molecular complexity index is 485. The normalized spacial score (nSPS) is 17.7. The molecular weight excluding hydrogens is 212 g/mol. The minimum atomic E-state index is 0.0108. The molecule has 0 fully saturated rings. The van der Waals surface area contributed by atoms with Gasteiger partial charge in [-0.15, -0.1) is 0 Å². The van der Waals surface area contributed by atoms with Crippen LogP contribution < -0.4 is 5.32 Å². The van der Waals surface area contributed by atoms with Crippen LogP contribution in [0, 0.1) is 17.2 Å². The molecule has 1 aromatic carbocycles. The van der Waals surface area contributed by atoms with Gasteiger partial charge in [0.25, 0.3) is 0 Å². The van der Waals surface area contributed by atoms with Gasteiger partial charge in [0.15, 0.2) is 0 Å². The molecule has 1 aromatic rings. The molecule has 86 valence electrons. The molecule has 3 heteroatoms. The van der Waals surface area contributed by atoms with Gasteiger partial charge in [-0.05, 0) is 37.0 Å².